The zero-order valence-corrected chi connectivity index (χ0v) is 13.6. The molecular formula is C14H23Cl2N3O. The second-order valence-electron chi connectivity index (χ2n) is 4.95. The Labute approximate surface area is 133 Å². The van der Waals surface area contributed by atoms with Crippen LogP contribution < -0.4 is 10.6 Å². The number of benzene rings is 1. The smallest absolute Gasteiger partial charge is 0.238 e. The monoisotopic (exact) mass is 319 g/mol. The van der Waals surface area contributed by atoms with Crippen LogP contribution >= 0.6 is 24.8 Å². The number of nitrogens with zero attached hydrogens (tertiary/aromatic N) is 1. The summed E-state index contributed by atoms with van der Waals surface area (Å²) in [7, 11) is 0. The molecule has 1 aliphatic rings. The zero-order chi connectivity index (χ0) is 13.0. The average Bonchev–Trinajstić information content (AvgIpc) is 2.28. The highest BCUT2D eigenvalue weighted by atomic mass is 35.5. The summed E-state index contributed by atoms with van der Waals surface area (Å²) >= 11 is 0. The Morgan fingerprint density at radius 2 is 1.70 bits per heavy atom. The van der Waals surface area contributed by atoms with Crippen molar-refractivity contribution < 1.29 is 4.79 Å². The Morgan fingerprint density at radius 1 is 1.15 bits per heavy atom. The van der Waals surface area contributed by atoms with Crippen molar-refractivity contribution in [3.63, 3.8) is 0 Å². The van der Waals surface area contributed by atoms with E-state index in [9.17, 15) is 4.79 Å². The van der Waals surface area contributed by atoms with E-state index in [4.69, 9.17) is 0 Å². The Hall–Kier alpha value is -0.810. The van der Waals surface area contributed by atoms with Crippen LogP contribution in [0.2, 0.25) is 0 Å². The molecule has 0 unspecified atom stereocenters. The molecule has 0 bridgehead atoms. The summed E-state index contributed by atoms with van der Waals surface area (Å²) in [6.45, 7) is 8.39. The maximum Gasteiger partial charge on any atom is 0.238 e. The highest BCUT2D eigenvalue weighted by Gasteiger charge is 2.13. The molecule has 0 aliphatic carbocycles. The van der Waals surface area contributed by atoms with Gasteiger partial charge in [0.05, 0.1) is 6.54 Å². The molecule has 1 aliphatic heterocycles. The molecule has 0 radical (unpaired) electrons. The summed E-state index contributed by atoms with van der Waals surface area (Å²) in [5.41, 5.74) is 3.24. The average molecular weight is 320 g/mol. The lowest BCUT2D eigenvalue weighted by molar-refractivity contribution is -0.117. The minimum atomic E-state index is 0. The fourth-order valence-electron chi connectivity index (χ4n) is 2.32. The molecule has 1 amide bonds. The summed E-state index contributed by atoms with van der Waals surface area (Å²) in [4.78, 5) is 14.1. The first-order valence-electron chi connectivity index (χ1n) is 6.45. The Bertz CT molecular complexity index is 414. The fourth-order valence-corrected chi connectivity index (χ4v) is 2.32. The first-order valence-corrected chi connectivity index (χ1v) is 6.45. The Balaban J connectivity index is 0.00000180. The molecule has 0 saturated carbocycles. The van der Waals surface area contributed by atoms with E-state index < -0.39 is 0 Å². The van der Waals surface area contributed by atoms with Gasteiger partial charge in [0.1, 0.15) is 0 Å². The van der Waals surface area contributed by atoms with Crippen LogP contribution in [0.25, 0.3) is 0 Å². The van der Waals surface area contributed by atoms with Crippen molar-refractivity contribution in [2.24, 2.45) is 0 Å². The van der Waals surface area contributed by atoms with Gasteiger partial charge in [-0.15, -0.1) is 24.8 Å². The number of hydrogen-bond donors (Lipinski definition) is 2. The number of anilines is 1. The van der Waals surface area contributed by atoms with Crippen LogP contribution in [0.15, 0.2) is 18.2 Å². The van der Waals surface area contributed by atoms with Crippen LogP contribution in [0.1, 0.15) is 11.1 Å². The molecule has 2 N–H and O–H groups in total. The van der Waals surface area contributed by atoms with E-state index >= 15 is 0 Å². The van der Waals surface area contributed by atoms with Gasteiger partial charge in [0.15, 0.2) is 0 Å². The van der Waals surface area contributed by atoms with Crippen molar-refractivity contribution in [1.29, 1.82) is 0 Å². The third-order valence-electron chi connectivity index (χ3n) is 3.08. The fraction of sp³-hybridized carbons (Fsp3) is 0.500. The SMILES string of the molecule is Cc1cc(C)cc(NC(=O)CN2CCNCC2)c1.Cl.Cl. The van der Waals surface area contributed by atoms with Crippen LogP contribution in [0, 0.1) is 13.8 Å². The Kier molecular flexibility index (Phi) is 8.81. The minimum absolute atomic E-state index is 0. The van der Waals surface area contributed by atoms with Gasteiger partial charge in [-0.05, 0) is 37.1 Å². The van der Waals surface area contributed by atoms with E-state index in [1.54, 1.807) is 0 Å². The normalized spacial score (nSPS) is 14.9. The summed E-state index contributed by atoms with van der Waals surface area (Å²) < 4.78 is 0. The van der Waals surface area contributed by atoms with Gasteiger partial charge in [0.2, 0.25) is 5.91 Å². The van der Waals surface area contributed by atoms with Crippen LogP contribution in [0.5, 0.6) is 0 Å². The summed E-state index contributed by atoms with van der Waals surface area (Å²) in [5.74, 6) is 0.0712. The van der Waals surface area contributed by atoms with Gasteiger partial charge in [-0.3, -0.25) is 9.69 Å². The molecule has 2 rings (SSSR count). The maximum absolute atomic E-state index is 11.9. The van der Waals surface area contributed by atoms with Gasteiger partial charge in [-0.1, -0.05) is 6.07 Å². The highest BCUT2D eigenvalue weighted by molar-refractivity contribution is 5.92. The van der Waals surface area contributed by atoms with Crippen molar-refractivity contribution in [2.45, 2.75) is 13.8 Å². The predicted octanol–water partition coefficient (Wildman–Crippen LogP) is 1.99. The largest absolute Gasteiger partial charge is 0.325 e. The quantitative estimate of drug-likeness (QED) is 0.895. The zero-order valence-electron chi connectivity index (χ0n) is 11.9. The first-order chi connectivity index (χ1) is 8.63. The molecule has 1 fully saturated rings. The van der Waals surface area contributed by atoms with Gasteiger partial charge in [0, 0.05) is 31.9 Å². The van der Waals surface area contributed by atoms with Crippen molar-refractivity contribution >= 4 is 36.4 Å². The predicted molar refractivity (Wildman–Crippen MR) is 88.4 cm³/mol. The molecule has 0 atom stereocenters. The second-order valence-corrected chi connectivity index (χ2v) is 4.95. The van der Waals surface area contributed by atoms with Crippen molar-refractivity contribution in [1.82, 2.24) is 10.2 Å². The number of halogens is 2. The number of rotatable bonds is 3. The molecule has 1 aromatic rings. The van der Waals surface area contributed by atoms with Gasteiger partial charge in [0.25, 0.3) is 0 Å². The van der Waals surface area contributed by atoms with Crippen LogP contribution in [0.3, 0.4) is 0 Å². The maximum atomic E-state index is 11.9. The Morgan fingerprint density at radius 3 is 2.25 bits per heavy atom. The van der Waals surface area contributed by atoms with Crippen molar-refractivity contribution in [2.75, 3.05) is 38.0 Å². The third-order valence-corrected chi connectivity index (χ3v) is 3.08. The molecule has 4 nitrogen and oxygen atoms in total. The van der Waals surface area contributed by atoms with Gasteiger partial charge in [-0.2, -0.15) is 0 Å². The summed E-state index contributed by atoms with van der Waals surface area (Å²) in [6, 6.07) is 6.11. The molecule has 6 heteroatoms. The van der Waals surface area contributed by atoms with Gasteiger partial charge >= 0.3 is 0 Å². The van der Waals surface area contributed by atoms with Crippen LogP contribution in [-0.2, 0) is 4.79 Å². The molecule has 1 aromatic carbocycles. The van der Waals surface area contributed by atoms with Crippen molar-refractivity contribution in [3.05, 3.63) is 29.3 Å². The summed E-state index contributed by atoms with van der Waals surface area (Å²) in [6.07, 6.45) is 0. The number of hydrogen-bond acceptors (Lipinski definition) is 3. The second kappa shape index (κ2) is 9.19. The molecule has 1 saturated heterocycles. The van der Waals surface area contributed by atoms with Crippen LogP contribution in [0.4, 0.5) is 5.69 Å². The van der Waals surface area contributed by atoms with E-state index in [0.29, 0.717) is 6.54 Å². The van der Waals surface area contributed by atoms with E-state index in [-0.39, 0.29) is 30.7 Å². The number of piperazine rings is 1. The lowest BCUT2D eigenvalue weighted by atomic mass is 10.1. The molecule has 20 heavy (non-hydrogen) atoms. The molecule has 114 valence electrons. The highest BCUT2D eigenvalue weighted by Crippen LogP contribution is 2.13. The third kappa shape index (κ3) is 6.09. The summed E-state index contributed by atoms with van der Waals surface area (Å²) in [5, 5.41) is 6.25. The number of carbonyl (C=O) groups excluding carboxylic acids is 1. The first kappa shape index (κ1) is 19.2. The topological polar surface area (TPSA) is 44.4 Å². The van der Waals surface area contributed by atoms with Gasteiger partial charge in [-0.25, -0.2) is 0 Å². The molecule has 0 spiro atoms. The van der Waals surface area contributed by atoms with E-state index in [1.807, 2.05) is 26.0 Å². The van der Waals surface area contributed by atoms with E-state index in [0.717, 1.165) is 31.9 Å². The molecule has 1 heterocycles. The standard InChI is InChI=1S/C14H21N3O.2ClH/c1-11-7-12(2)9-13(8-11)16-14(18)10-17-5-3-15-4-6-17;;/h7-9,15H,3-6,10H2,1-2H3,(H,16,18);2*1H. The molecular weight excluding hydrogens is 297 g/mol. The lowest BCUT2D eigenvalue weighted by Gasteiger charge is -2.26. The van der Waals surface area contributed by atoms with Crippen molar-refractivity contribution in [3.8, 4) is 0 Å². The number of aryl methyl sites for hydroxylation is 2. The minimum Gasteiger partial charge on any atom is -0.325 e. The number of amides is 1. The van der Waals surface area contributed by atoms with Gasteiger partial charge < -0.3 is 10.6 Å². The lowest BCUT2D eigenvalue weighted by Crippen LogP contribution is -2.46. The molecule has 0 aromatic heterocycles. The van der Waals surface area contributed by atoms with E-state index in [1.165, 1.54) is 11.1 Å². The number of nitrogens with one attached hydrogen (secondary N) is 2. The number of carbonyl (C=O) groups is 1. The van der Waals surface area contributed by atoms with E-state index in [2.05, 4.69) is 21.6 Å². The van der Waals surface area contributed by atoms with Crippen LogP contribution in [-0.4, -0.2) is 43.5 Å².